The number of hydrogen-bond acceptors (Lipinski definition) is 2. The van der Waals surface area contributed by atoms with Crippen LogP contribution >= 0.6 is 0 Å². The van der Waals surface area contributed by atoms with Crippen molar-refractivity contribution < 1.29 is 0 Å². The summed E-state index contributed by atoms with van der Waals surface area (Å²) < 4.78 is 0. The van der Waals surface area contributed by atoms with Crippen molar-refractivity contribution in [2.45, 2.75) is 18.9 Å². The smallest absolute Gasteiger partial charge is 0.0589 e. The fourth-order valence-corrected chi connectivity index (χ4v) is 3.75. The predicted octanol–water partition coefficient (Wildman–Crippen LogP) is 3.44. The summed E-state index contributed by atoms with van der Waals surface area (Å²) in [5, 5.41) is 3.78. The molecule has 1 aliphatic carbocycles. The Labute approximate surface area is 126 Å². The van der Waals surface area contributed by atoms with Gasteiger partial charge in [0, 0.05) is 13.1 Å². The van der Waals surface area contributed by atoms with Crippen LogP contribution in [0.1, 0.15) is 30.0 Å². The Balaban J connectivity index is 1.54. The Hall–Kier alpha value is -1.64. The Kier molecular flexibility index (Phi) is 3.50. The first kappa shape index (κ1) is 13.1. The zero-order valence-electron chi connectivity index (χ0n) is 12.4. The van der Waals surface area contributed by atoms with E-state index < -0.39 is 0 Å². The average molecular weight is 278 g/mol. The molecule has 0 bridgehead atoms. The summed E-state index contributed by atoms with van der Waals surface area (Å²) in [6, 6.07) is 18.0. The number of fused-ring (bicyclic) bond motifs is 3. The van der Waals surface area contributed by atoms with E-state index >= 15 is 0 Å². The minimum absolute atomic E-state index is 0.361. The summed E-state index contributed by atoms with van der Waals surface area (Å²) in [6.07, 6.45) is 2.74. The lowest BCUT2D eigenvalue weighted by Crippen LogP contribution is -2.32. The molecular weight excluding hydrogens is 256 g/mol. The maximum absolute atomic E-state index is 3.78. The third-order valence-electron chi connectivity index (χ3n) is 4.81. The van der Waals surface area contributed by atoms with Gasteiger partial charge in [0.1, 0.15) is 0 Å². The molecule has 2 aliphatic rings. The topological polar surface area (TPSA) is 15.3 Å². The van der Waals surface area contributed by atoms with Crippen LogP contribution in [0.15, 0.2) is 48.5 Å². The SMILES string of the molecule is c1ccc2c(c1)-c1ccccc1C2NCCN1CCCC1. The van der Waals surface area contributed by atoms with E-state index in [0.29, 0.717) is 6.04 Å². The van der Waals surface area contributed by atoms with Crippen molar-refractivity contribution in [1.82, 2.24) is 10.2 Å². The Morgan fingerprint density at radius 1 is 0.857 bits per heavy atom. The van der Waals surface area contributed by atoms with Gasteiger partial charge in [-0.3, -0.25) is 0 Å². The highest BCUT2D eigenvalue weighted by Gasteiger charge is 2.27. The highest BCUT2D eigenvalue weighted by atomic mass is 15.2. The van der Waals surface area contributed by atoms with Crippen LogP contribution in [0.25, 0.3) is 11.1 Å². The van der Waals surface area contributed by atoms with Crippen molar-refractivity contribution in [3.8, 4) is 11.1 Å². The molecule has 0 unspecified atom stereocenters. The van der Waals surface area contributed by atoms with Crippen molar-refractivity contribution in [3.63, 3.8) is 0 Å². The van der Waals surface area contributed by atoms with Crippen molar-refractivity contribution in [2.24, 2.45) is 0 Å². The van der Waals surface area contributed by atoms with E-state index in [4.69, 9.17) is 0 Å². The van der Waals surface area contributed by atoms with Crippen LogP contribution in [0.3, 0.4) is 0 Å². The first-order chi connectivity index (χ1) is 10.4. The molecule has 1 N–H and O–H groups in total. The van der Waals surface area contributed by atoms with Crippen molar-refractivity contribution in [2.75, 3.05) is 26.2 Å². The van der Waals surface area contributed by atoms with Crippen LogP contribution in [-0.2, 0) is 0 Å². The molecule has 0 aromatic heterocycles. The molecule has 2 nitrogen and oxygen atoms in total. The van der Waals surface area contributed by atoms with E-state index in [0.717, 1.165) is 6.54 Å². The minimum Gasteiger partial charge on any atom is -0.305 e. The van der Waals surface area contributed by atoms with Gasteiger partial charge in [0.15, 0.2) is 0 Å². The van der Waals surface area contributed by atoms with Gasteiger partial charge in [0.2, 0.25) is 0 Å². The van der Waals surface area contributed by atoms with Gasteiger partial charge >= 0.3 is 0 Å². The normalized spacial score (nSPS) is 17.9. The van der Waals surface area contributed by atoms with E-state index in [2.05, 4.69) is 58.7 Å². The molecule has 2 heteroatoms. The zero-order valence-corrected chi connectivity index (χ0v) is 12.4. The molecule has 21 heavy (non-hydrogen) atoms. The van der Waals surface area contributed by atoms with Crippen LogP contribution in [0.4, 0.5) is 0 Å². The maximum Gasteiger partial charge on any atom is 0.0589 e. The van der Waals surface area contributed by atoms with Gasteiger partial charge in [-0.25, -0.2) is 0 Å². The predicted molar refractivity (Wildman–Crippen MR) is 87.4 cm³/mol. The maximum atomic E-state index is 3.78. The molecule has 0 radical (unpaired) electrons. The van der Waals surface area contributed by atoms with E-state index in [1.807, 2.05) is 0 Å². The minimum atomic E-state index is 0.361. The first-order valence-corrected chi connectivity index (χ1v) is 8.07. The van der Waals surface area contributed by atoms with Gasteiger partial charge in [-0.1, -0.05) is 48.5 Å². The molecule has 2 aromatic carbocycles. The summed E-state index contributed by atoms with van der Waals surface area (Å²) in [5.41, 5.74) is 5.65. The lowest BCUT2D eigenvalue weighted by atomic mass is 10.1. The number of nitrogens with one attached hydrogen (secondary N) is 1. The summed E-state index contributed by atoms with van der Waals surface area (Å²) in [5.74, 6) is 0. The second-order valence-electron chi connectivity index (χ2n) is 6.11. The zero-order chi connectivity index (χ0) is 14.1. The molecule has 108 valence electrons. The van der Waals surface area contributed by atoms with Gasteiger partial charge in [0.05, 0.1) is 6.04 Å². The fourth-order valence-electron chi connectivity index (χ4n) is 3.75. The first-order valence-electron chi connectivity index (χ1n) is 8.07. The third kappa shape index (κ3) is 2.39. The monoisotopic (exact) mass is 278 g/mol. The van der Waals surface area contributed by atoms with Crippen LogP contribution in [-0.4, -0.2) is 31.1 Å². The van der Waals surface area contributed by atoms with E-state index in [9.17, 15) is 0 Å². The van der Waals surface area contributed by atoms with E-state index in [1.54, 1.807) is 0 Å². The molecular formula is C19H22N2. The average Bonchev–Trinajstić information content (AvgIpc) is 3.15. The molecule has 1 fully saturated rings. The quantitative estimate of drug-likeness (QED) is 0.921. The second kappa shape index (κ2) is 5.63. The lowest BCUT2D eigenvalue weighted by molar-refractivity contribution is 0.332. The number of likely N-dealkylation sites (tertiary alicyclic amines) is 1. The molecule has 0 atom stereocenters. The van der Waals surface area contributed by atoms with Gasteiger partial charge in [-0.15, -0.1) is 0 Å². The van der Waals surface area contributed by atoms with Gasteiger partial charge in [0.25, 0.3) is 0 Å². The van der Waals surface area contributed by atoms with Gasteiger partial charge in [-0.2, -0.15) is 0 Å². The summed E-state index contributed by atoms with van der Waals surface area (Å²) in [4.78, 5) is 2.57. The third-order valence-corrected chi connectivity index (χ3v) is 4.81. The molecule has 1 aliphatic heterocycles. The Bertz CT molecular complexity index is 583. The number of hydrogen-bond donors (Lipinski definition) is 1. The highest BCUT2D eigenvalue weighted by Crippen LogP contribution is 2.42. The van der Waals surface area contributed by atoms with E-state index in [-0.39, 0.29) is 0 Å². The molecule has 2 aromatic rings. The van der Waals surface area contributed by atoms with Crippen LogP contribution in [0, 0.1) is 0 Å². The molecule has 0 spiro atoms. The van der Waals surface area contributed by atoms with Crippen molar-refractivity contribution >= 4 is 0 Å². The molecule has 1 heterocycles. The number of benzene rings is 2. The molecule has 1 saturated heterocycles. The van der Waals surface area contributed by atoms with E-state index in [1.165, 1.54) is 54.7 Å². The lowest BCUT2D eigenvalue weighted by Gasteiger charge is -2.19. The molecule has 0 amide bonds. The Morgan fingerprint density at radius 2 is 1.43 bits per heavy atom. The Morgan fingerprint density at radius 3 is 2.05 bits per heavy atom. The van der Waals surface area contributed by atoms with Crippen molar-refractivity contribution in [1.29, 1.82) is 0 Å². The highest BCUT2D eigenvalue weighted by molar-refractivity contribution is 5.78. The largest absolute Gasteiger partial charge is 0.305 e. The fraction of sp³-hybridized carbons (Fsp3) is 0.368. The number of nitrogens with zero attached hydrogens (tertiary/aromatic N) is 1. The van der Waals surface area contributed by atoms with Crippen LogP contribution in [0.5, 0.6) is 0 Å². The van der Waals surface area contributed by atoms with Gasteiger partial charge < -0.3 is 10.2 Å². The molecule has 0 saturated carbocycles. The second-order valence-corrected chi connectivity index (χ2v) is 6.11. The standard InChI is InChI=1S/C19H22N2/c1-3-9-17-15(7-1)16-8-2-4-10-18(16)19(17)20-11-14-21-12-5-6-13-21/h1-4,7-10,19-20H,5-6,11-14H2. The summed E-state index contributed by atoms with van der Waals surface area (Å²) in [6.45, 7) is 4.78. The summed E-state index contributed by atoms with van der Waals surface area (Å²) >= 11 is 0. The number of rotatable bonds is 4. The van der Waals surface area contributed by atoms with Crippen molar-refractivity contribution in [3.05, 3.63) is 59.7 Å². The molecule has 4 rings (SSSR count). The summed E-state index contributed by atoms with van der Waals surface area (Å²) in [7, 11) is 0. The van der Waals surface area contributed by atoms with Crippen LogP contribution in [0.2, 0.25) is 0 Å². The van der Waals surface area contributed by atoms with Gasteiger partial charge in [-0.05, 0) is 48.2 Å². The van der Waals surface area contributed by atoms with Crippen LogP contribution < -0.4 is 5.32 Å².